The number of halogens is 2. The van der Waals surface area contributed by atoms with Crippen LogP contribution in [0.2, 0.25) is 0 Å². The topological polar surface area (TPSA) is 0 Å². The van der Waals surface area contributed by atoms with Crippen molar-refractivity contribution in [1.82, 2.24) is 0 Å². The second kappa shape index (κ2) is 13.5. The first-order valence-electron chi connectivity index (χ1n) is 12.8. The Balaban J connectivity index is 0.000000147. The van der Waals surface area contributed by atoms with Gasteiger partial charge in [-0.1, -0.05) is 71.8 Å². The molecular formula is C35H32Cl2Hf-2. The van der Waals surface area contributed by atoms with Crippen LogP contribution < -0.4 is 0 Å². The van der Waals surface area contributed by atoms with Crippen LogP contribution in [-0.2, 0) is 18.6 Å². The molecule has 0 unspecified atom stereocenters. The van der Waals surface area contributed by atoms with Crippen molar-refractivity contribution in [3.63, 3.8) is 0 Å². The summed E-state index contributed by atoms with van der Waals surface area (Å²) < 4.78 is 1.25. The van der Waals surface area contributed by atoms with E-state index in [-0.39, 0.29) is 0 Å². The molecule has 0 atom stereocenters. The van der Waals surface area contributed by atoms with Crippen molar-refractivity contribution in [3.05, 3.63) is 132 Å². The van der Waals surface area contributed by atoms with Crippen LogP contribution in [0.1, 0.15) is 25.0 Å². The predicted octanol–water partition coefficient (Wildman–Crippen LogP) is 11.2. The molecule has 38 heavy (non-hydrogen) atoms. The SMILES string of the molecule is C[C](C)=[Hf]([Cl])[Cl].Cc1ccccc1-c1cccc2[cH-]ccc12.Cc1ccccc1-c1cccc2[cH-]ccc12. The van der Waals surface area contributed by atoms with Crippen LogP contribution in [0, 0.1) is 13.8 Å². The van der Waals surface area contributed by atoms with E-state index >= 15 is 0 Å². The minimum absolute atomic E-state index is 1.25. The van der Waals surface area contributed by atoms with Crippen LogP contribution in [0.5, 0.6) is 0 Å². The molecule has 6 aromatic carbocycles. The monoisotopic (exact) mass is 702 g/mol. The Kier molecular flexibility index (Phi) is 10.1. The van der Waals surface area contributed by atoms with E-state index in [4.69, 9.17) is 17.2 Å². The van der Waals surface area contributed by atoms with Gasteiger partial charge in [0.1, 0.15) is 0 Å². The molecule has 6 aromatic rings. The molecule has 0 saturated heterocycles. The first kappa shape index (κ1) is 28.4. The van der Waals surface area contributed by atoms with Crippen LogP contribution in [0.15, 0.2) is 121 Å². The minimum Gasteiger partial charge on any atom is -0.168 e. The molecule has 0 N–H and O–H groups in total. The van der Waals surface area contributed by atoms with Gasteiger partial charge in [0, 0.05) is 0 Å². The third-order valence-corrected chi connectivity index (χ3v) is 15.5. The zero-order valence-electron chi connectivity index (χ0n) is 22.3. The molecule has 0 aliphatic rings. The van der Waals surface area contributed by atoms with Gasteiger partial charge in [0.05, 0.1) is 0 Å². The maximum Gasteiger partial charge on any atom is -0.0250 e. The first-order valence-corrected chi connectivity index (χ1v) is 23.5. The van der Waals surface area contributed by atoms with Gasteiger partial charge in [0.25, 0.3) is 0 Å². The van der Waals surface area contributed by atoms with E-state index in [1.807, 2.05) is 13.8 Å². The van der Waals surface area contributed by atoms with Gasteiger partial charge in [-0.25, -0.2) is 0 Å². The summed E-state index contributed by atoms with van der Waals surface area (Å²) in [6.45, 7) is 8.30. The van der Waals surface area contributed by atoms with Gasteiger partial charge in [-0.05, 0) is 36.1 Å². The molecule has 0 aliphatic carbocycles. The third kappa shape index (κ3) is 6.89. The van der Waals surface area contributed by atoms with Crippen molar-refractivity contribution in [3.8, 4) is 22.3 Å². The standard InChI is InChI=1S/2C16H13.C3H6.2ClH.Hf/c2*1-12-6-2-3-9-14(12)16-11-5-8-13-7-4-10-15(13)16;1-3-2;;;/h2*2-11H,1H3;1-2H3;2*1H;/q2*-1;;;;+2/p-2. The Morgan fingerprint density at radius 2 is 0.895 bits per heavy atom. The van der Waals surface area contributed by atoms with E-state index in [0.717, 1.165) is 0 Å². The van der Waals surface area contributed by atoms with Gasteiger partial charge in [-0.15, -0.1) is 57.9 Å². The summed E-state index contributed by atoms with van der Waals surface area (Å²) in [5.74, 6) is 0. The molecule has 0 saturated carbocycles. The number of hydrogen-bond acceptors (Lipinski definition) is 0. The molecule has 0 radical (unpaired) electrons. The summed E-state index contributed by atoms with van der Waals surface area (Å²) in [5, 5.41) is 5.33. The number of rotatable bonds is 2. The van der Waals surface area contributed by atoms with Gasteiger partial charge in [-0.3, -0.25) is 0 Å². The van der Waals surface area contributed by atoms with Crippen LogP contribution in [0.3, 0.4) is 0 Å². The summed E-state index contributed by atoms with van der Waals surface area (Å²) in [4.78, 5) is 0. The molecule has 0 amide bonds. The molecule has 0 spiro atoms. The number of aryl methyl sites for hydroxylation is 2. The second-order valence-electron chi connectivity index (χ2n) is 9.56. The summed E-state index contributed by atoms with van der Waals surface area (Å²) in [5.41, 5.74) is 7.99. The second-order valence-corrected chi connectivity index (χ2v) is 22.8. The number of benzene rings is 4. The van der Waals surface area contributed by atoms with Crippen LogP contribution in [0.25, 0.3) is 43.8 Å². The van der Waals surface area contributed by atoms with E-state index in [1.54, 1.807) is 0 Å². The minimum atomic E-state index is -1.97. The summed E-state index contributed by atoms with van der Waals surface area (Å²) in [7, 11) is 11.1. The van der Waals surface area contributed by atoms with Crippen molar-refractivity contribution in [1.29, 1.82) is 0 Å². The van der Waals surface area contributed by atoms with Crippen molar-refractivity contribution < 1.29 is 18.6 Å². The Morgan fingerprint density at radius 3 is 1.26 bits per heavy atom. The summed E-state index contributed by atoms with van der Waals surface area (Å²) >= 11 is -1.97. The number of fused-ring (bicyclic) bond motifs is 2. The Morgan fingerprint density at radius 1 is 0.526 bits per heavy atom. The fraction of sp³-hybridized carbons (Fsp3) is 0.114. The predicted molar refractivity (Wildman–Crippen MR) is 167 cm³/mol. The Hall–Kier alpha value is -2.58. The smallest absolute Gasteiger partial charge is 0.0250 e. The van der Waals surface area contributed by atoms with Gasteiger partial charge in [-0.2, -0.15) is 24.3 Å². The average Bonchev–Trinajstić information content (AvgIpc) is 3.60. The van der Waals surface area contributed by atoms with Gasteiger partial charge >= 0.3 is 52.8 Å². The fourth-order valence-corrected chi connectivity index (χ4v) is 4.54. The molecule has 0 heterocycles. The van der Waals surface area contributed by atoms with Crippen LogP contribution >= 0.6 is 17.2 Å². The molecule has 192 valence electrons. The van der Waals surface area contributed by atoms with Gasteiger partial charge < -0.3 is 0 Å². The molecule has 0 aromatic heterocycles. The zero-order valence-corrected chi connectivity index (χ0v) is 27.4. The zero-order chi connectivity index (χ0) is 27.1. The molecule has 6 rings (SSSR count). The Labute approximate surface area is 241 Å². The number of hydrogen-bond donors (Lipinski definition) is 0. The molecule has 3 heteroatoms. The fourth-order valence-electron chi connectivity index (χ4n) is 4.54. The van der Waals surface area contributed by atoms with E-state index in [2.05, 4.69) is 135 Å². The normalized spacial score (nSPS) is 10.4. The molecule has 0 nitrogen and oxygen atoms in total. The maximum atomic E-state index is 5.55. The third-order valence-electron chi connectivity index (χ3n) is 6.61. The van der Waals surface area contributed by atoms with Crippen molar-refractivity contribution in [2.24, 2.45) is 0 Å². The Bertz CT molecular complexity index is 1550. The van der Waals surface area contributed by atoms with Crippen molar-refractivity contribution >= 4 is 42.0 Å². The van der Waals surface area contributed by atoms with Crippen molar-refractivity contribution in [2.75, 3.05) is 0 Å². The van der Waals surface area contributed by atoms with Gasteiger partial charge in [0.15, 0.2) is 0 Å². The van der Waals surface area contributed by atoms with Crippen LogP contribution in [-0.4, -0.2) is 3.26 Å². The van der Waals surface area contributed by atoms with E-state index in [0.29, 0.717) is 0 Å². The summed E-state index contributed by atoms with van der Waals surface area (Å²) in [6.07, 6.45) is 0. The van der Waals surface area contributed by atoms with Crippen LogP contribution in [0.4, 0.5) is 0 Å². The first-order chi connectivity index (χ1) is 18.4. The van der Waals surface area contributed by atoms with E-state index in [1.165, 1.54) is 58.2 Å². The molecule has 0 fully saturated rings. The molecule has 0 aliphatic heterocycles. The quantitative estimate of drug-likeness (QED) is 0.125. The maximum absolute atomic E-state index is 5.55. The van der Waals surface area contributed by atoms with E-state index in [9.17, 15) is 0 Å². The molecule has 0 bridgehead atoms. The largest absolute Gasteiger partial charge is 0.168 e. The van der Waals surface area contributed by atoms with Crippen molar-refractivity contribution in [2.45, 2.75) is 27.7 Å². The summed E-state index contributed by atoms with van der Waals surface area (Å²) in [6, 6.07) is 43.0. The van der Waals surface area contributed by atoms with Gasteiger partial charge in [0.2, 0.25) is 0 Å². The average molecular weight is 702 g/mol. The van der Waals surface area contributed by atoms with E-state index < -0.39 is 18.6 Å². The molecular weight excluding hydrogens is 670 g/mol.